The average molecular weight is 294 g/mol. The van der Waals surface area contributed by atoms with E-state index >= 15 is 0 Å². The molecule has 108 valence electrons. The van der Waals surface area contributed by atoms with Gasteiger partial charge in [-0.15, -0.1) is 0 Å². The van der Waals surface area contributed by atoms with Crippen LogP contribution in [0.5, 0.6) is 5.75 Å². The van der Waals surface area contributed by atoms with Gasteiger partial charge >= 0.3 is 0 Å². The number of nitrogens with zero attached hydrogens (tertiary/aromatic N) is 1. The predicted octanol–water partition coefficient (Wildman–Crippen LogP) is 3.15. The molecule has 0 radical (unpaired) electrons. The Morgan fingerprint density at radius 3 is 2.90 bits per heavy atom. The topological polar surface area (TPSA) is 32.7 Å². The molecule has 0 amide bonds. The Hall–Kier alpha value is -0.770. The minimum atomic E-state index is -0.469. The molecule has 1 aromatic rings. The SMILES string of the molecule is CC1CC2(CC(O)c3cc(Cl)ccc3O2)CN1C1CC1. The molecule has 1 N–H and O–H groups in total. The summed E-state index contributed by atoms with van der Waals surface area (Å²) in [5.41, 5.74) is 0.614. The summed E-state index contributed by atoms with van der Waals surface area (Å²) in [5, 5.41) is 11.1. The van der Waals surface area contributed by atoms with Crippen molar-refractivity contribution in [2.75, 3.05) is 6.54 Å². The number of ether oxygens (including phenoxy) is 1. The summed E-state index contributed by atoms with van der Waals surface area (Å²) in [6.07, 6.45) is 3.84. The molecule has 2 heterocycles. The predicted molar refractivity (Wildman–Crippen MR) is 78.2 cm³/mol. The van der Waals surface area contributed by atoms with Gasteiger partial charge in [0.15, 0.2) is 0 Å². The van der Waals surface area contributed by atoms with Crippen molar-refractivity contribution in [2.45, 2.75) is 56.4 Å². The molecule has 1 aliphatic carbocycles. The minimum Gasteiger partial charge on any atom is -0.485 e. The van der Waals surface area contributed by atoms with Crippen molar-refractivity contribution in [3.63, 3.8) is 0 Å². The second kappa shape index (κ2) is 4.36. The van der Waals surface area contributed by atoms with Crippen LogP contribution in [0.1, 0.15) is 44.3 Å². The van der Waals surface area contributed by atoms with Crippen molar-refractivity contribution < 1.29 is 9.84 Å². The first kappa shape index (κ1) is 12.9. The molecule has 0 bridgehead atoms. The van der Waals surface area contributed by atoms with E-state index in [4.69, 9.17) is 16.3 Å². The number of likely N-dealkylation sites (tertiary alicyclic amines) is 1. The zero-order valence-corrected chi connectivity index (χ0v) is 12.4. The van der Waals surface area contributed by atoms with E-state index in [9.17, 15) is 5.11 Å². The first-order valence-electron chi connectivity index (χ1n) is 7.49. The average Bonchev–Trinajstić information content (AvgIpc) is 3.17. The number of hydrogen-bond donors (Lipinski definition) is 1. The highest BCUT2D eigenvalue weighted by Gasteiger charge is 2.51. The van der Waals surface area contributed by atoms with Crippen LogP contribution in [0.25, 0.3) is 0 Å². The highest BCUT2D eigenvalue weighted by Crippen LogP contribution is 2.48. The molecule has 1 saturated carbocycles. The molecule has 2 aliphatic heterocycles. The van der Waals surface area contributed by atoms with Crippen LogP contribution >= 0.6 is 11.6 Å². The van der Waals surface area contributed by atoms with E-state index in [0.717, 1.165) is 30.3 Å². The molecule has 3 nitrogen and oxygen atoms in total. The van der Waals surface area contributed by atoms with E-state index in [1.807, 2.05) is 18.2 Å². The normalized spacial score (nSPS) is 37.0. The van der Waals surface area contributed by atoms with Crippen LogP contribution in [0, 0.1) is 0 Å². The van der Waals surface area contributed by atoms with E-state index < -0.39 is 6.10 Å². The van der Waals surface area contributed by atoms with Crippen LogP contribution in [0.2, 0.25) is 5.02 Å². The summed E-state index contributed by atoms with van der Waals surface area (Å²) in [4.78, 5) is 2.56. The maximum Gasteiger partial charge on any atom is 0.126 e. The molecule has 1 spiro atoms. The molecule has 4 heteroatoms. The van der Waals surface area contributed by atoms with Crippen molar-refractivity contribution in [1.29, 1.82) is 0 Å². The van der Waals surface area contributed by atoms with Gasteiger partial charge in [-0.2, -0.15) is 0 Å². The van der Waals surface area contributed by atoms with Gasteiger partial charge in [-0.05, 0) is 38.0 Å². The van der Waals surface area contributed by atoms with Crippen molar-refractivity contribution in [1.82, 2.24) is 4.90 Å². The van der Waals surface area contributed by atoms with Gasteiger partial charge < -0.3 is 9.84 Å². The highest BCUT2D eigenvalue weighted by atomic mass is 35.5. The van der Waals surface area contributed by atoms with Crippen LogP contribution in [0.4, 0.5) is 0 Å². The summed E-state index contributed by atoms with van der Waals surface area (Å²) in [6.45, 7) is 3.22. The monoisotopic (exact) mass is 293 g/mol. The molecule has 3 aliphatic rings. The third kappa shape index (κ3) is 2.03. The quantitative estimate of drug-likeness (QED) is 0.863. The largest absolute Gasteiger partial charge is 0.485 e. The standard InChI is InChI=1S/C16H20ClNO2/c1-10-7-16(9-18(10)12-3-4-12)8-14(19)13-6-11(17)2-5-15(13)20-16/h2,5-6,10,12,14,19H,3-4,7-9H2,1H3. The van der Waals surface area contributed by atoms with Gasteiger partial charge in [0.25, 0.3) is 0 Å². The number of fused-ring (bicyclic) bond motifs is 1. The summed E-state index contributed by atoms with van der Waals surface area (Å²) < 4.78 is 6.32. The maximum absolute atomic E-state index is 10.5. The molecule has 4 rings (SSSR count). The van der Waals surface area contributed by atoms with E-state index in [-0.39, 0.29) is 5.60 Å². The van der Waals surface area contributed by atoms with Crippen LogP contribution in [-0.4, -0.2) is 34.2 Å². The summed E-state index contributed by atoms with van der Waals surface area (Å²) in [6, 6.07) is 6.85. The molecule has 3 atom stereocenters. The number of rotatable bonds is 1. The third-order valence-electron chi connectivity index (χ3n) is 4.94. The van der Waals surface area contributed by atoms with Crippen molar-refractivity contribution >= 4 is 11.6 Å². The van der Waals surface area contributed by atoms with Gasteiger partial charge in [-0.3, -0.25) is 4.90 Å². The van der Waals surface area contributed by atoms with Gasteiger partial charge in [0, 0.05) is 42.1 Å². The Labute approximate surface area is 124 Å². The van der Waals surface area contributed by atoms with Crippen molar-refractivity contribution in [2.24, 2.45) is 0 Å². The lowest BCUT2D eigenvalue weighted by atomic mass is 9.87. The molecule has 0 aromatic heterocycles. The maximum atomic E-state index is 10.5. The number of aliphatic hydroxyl groups excluding tert-OH is 1. The van der Waals surface area contributed by atoms with E-state index in [0.29, 0.717) is 17.5 Å². The van der Waals surface area contributed by atoms with Crippen molar-refractivity contribution in [3.8, 4) is 5.75 Å². The van der Waals surface area contributed by atoms with Gasteiger partial charge in [0.2, 0.25) is 0 Å². The summed E-state index contributed by atoms with van der Waals surface area (Å²) in [5.74, 6) is 0.804. The van der Waals surface area contributed by atoms with E-state index in [1.54, 1.807) is 0 Å². The third-order valence-corrected chi connectivity index (χ3v) is 5.18. The van der Waals surface area contributed by atoms with Crippen molar-refractivity contribution in [3.05, 3.63) is 28.8 Å². The second-order valence-corrected chi connectivity index (χ2v) is 7.08. The fourth-order valence-electron chi connectivity index (χ4n) is 3.94. The molecule has 2 fully saturated rings. The zero-order valence-electron chi connectivity index (χ0n) is 11.7. The number of benzene rings is 1. The van der Waals surface area contributed by atoms with E-state index in [1.165, 1.54) is 12.8 Å². The van der Waals surface area contributed by atoms with Crippen LogP contribution in [0.3, 0.4) is 0 Å². The lowest BCUT2D eigenvalue weighted by molar-refractivity contribution is -0.00772. The Morgan fingerprint density at radius 2 is 2.15 bits per heavy atom. The second-order valence-electron chi connectivity index (χ2n) is 6.64. The molecule has 1 saturated heterocycles. The number of hydrogen-bond acceptors (Lipinski definition) is 3. The lowest BCUT2D eigenvalue weighted by Crippen LogP contribution is -2.44. The fourth-order valence-corrected chi connectivity index (χ4v) is 4.12. The minimum absolute atomic E-state index is 0.220. The molecule has 3 unspecified atom stereocenters. The summed E-state index contributed by atoms with van der Waals surface area (Å²) >= 11 is 6.01. The van der Waals surface area contributed by atoms with Crippen LogP contribution in [-0.2, 0) is 0 Å². The smallest absolute Gasteiger partial charge is 0.126 e. The van der Waals surface area contributed by atoms with Crippen LogP contribution in [0.15, 0.2) is 18.2 Å². The number of halogens is 1. The molecule has 1 aromatic carbocycles. The van der Waals surface area contributed by atoms with Gasteiger partial charge in [0.05, 0.1) is 6.10 Å². The highest BCUT2D eigenvalue weighted by molar-refractivity contribution is 6.30. The summed E-state index contributed by atoms with van der Waals surface area (Å²) in [7, 11) is 0. The lowest BCUT2D eigenvalue weighted by Gasteiger charge is -2.38. The van der Waals surface area contributed by atoms with Gasteiger partial charge in [-0.25, -0.2) is 0 Å². The van der Waals surface area contributed by atoms with Crippen LogP contribution < -0.4 is 4.74 Å². The van der Waals surface area contributed by atoms with E-state index in [2.05, 4.69) is 11.8 Å². The zero-order chi connectivity index (χ0) is 13.9. The van der Waals surface area contributed by atoms with Gasteiger partial charge in [0.1, 0.15) is 11.4 Å². The Bertz CT molecular complexity index is 545. The Morgan fingerprint density at radius 1 is 1.35 bits per heavy atom. The fraction of sp³-hybridized carbons (Fsp3) is 0.625. The Balaban J connectivity index is 1.64. The molecular weight excluding hydrogens is 274 g/mol. The van der Waals surface area contributed by atoms with Gasteiger partial charge in [-0.1, -0.05) is 11.6 Å². The first-order valence-corrected chi connectivity index (χ1v) is 7.86. The molecule has 20 heavy (non-hydrogen) atoms. The number of aliphatic hydroxyl groups is 1. The first-order chi connectivity index (χ1) is 9.56. The molecular formula is C16H20ClNO2. The Kier molecular flexibility index (Phi) is 2.82.